The number of carbonyl (C=O) groups excluding carboxylic acids is 2. The quantitative estimate of drug-likeness (QED) is 0.180. The number of nitrogens with one attached hydrogen (secondary N) is 1. The van der Waals surface area contributed by atoms with Gasteiger partial charge in [-0.05, 0) is 90.1 Å². The Morgan fingerprint density at radius 1 is 0.940 bits per heavy atom. The summed E-state index contributed by atoms with van der Waals surface area (Å²) < 4.78 is 133. The molecule has 2 atom stereocenters. The van der Waals surface area contributed by atoms with E-state index in [9.17, 15) is 49.1 Å². The van der Waals surface area contributed by atoms with Crippen molar-refractivity contribution in [2.24, 2.45) is 5.41 Å². The number of methoxy groups -OCH3 is 1. The number of fused-ring (bicyclic) bond motifs is 1. The van der Waals surface area contributed by atoms with Gasteiger partial charge in [0.05, 0.1) is 51.1 Å². The van der Waals surface area contributed by atoms with Crippen LogP contribution < -0.4 is 10.2 Å². The Bertz CT molecular complexity index is 1710. The third-order valence-electron chi connectivity index (χ3n) is 7.96. The number of benzene rings is 2. The van der Waals surface area contributed by atoms with Crippen LogP contribution >= 0.6 is 15.9 Å². The molecule has 272 valence electrons. The average Bonchev–Trinajstić information content (AvgIpc) is 3.02. The molecule has 0 aliphatic carbocycles. The monoisotopic (exact) mass is 784 g/mol. The number of carbonyl (C=O) groups is 2. The van der Waals surface area contributed by atoms with E-state index in [1.165, 1.54) is 32.1 Å². The van der Waals surface area contributed by atoms with Crippen molar-refractivity contribution in [3.8, 4) is 0 Å². The standard InChI is InChI=1S/C32H30BrF9N4O4/c1-5-20-13-23(21-12-17(30(34,35)36)6-7-25(21)46(20)28(48)50-15-29(2,3)26(47)49-4)44-27-43-14-22(33)24(45-27)10-16-8-18(31(37,38)39)11-19(9-16)32(40,41)42/h6-9,11-12,14,20,23H,5,10,13,15H2,1-4H3,(H,43,44,45)/t20-,23+/m1/s1. The number of rotatable bonds is 8. The number of esters is 1. The minimum atomic E-state index is -5.07. The third kappa shape index (κ3) is 8.79. The van der Waals surface area contributed by atoms with Gasteiger partial charge < -0.3 is 14.8 Å². The molecule has 2 aromatic carbocycles. The molecule has 1 aromatic heterocycles. The number of aromatic nitrogens is 2. The number of amides is 1. The summed E-state index contributed by atoms with van der Waals surface area (Å²) in [4.78, 5) is 35.1. The SMILES string of the molecule is CC[C@@H]1C[C@H](Nc2ncc(Br)c(Cc3cc(C(F)(F)F)cc(C(F)(F)F)c3)n2)c2cc(C(F)(F)F)ccc2N1C(=O)OCC(C)(C)C(=O)OC. The molecule has 8 nitrogen and oxygen atoms in total. The molecule has 50 heavy (non-hydrogen) atoms. The van der Waals surface area contributed by atoms with Gasteiger partial charge in [0.2, 0.25) is 5.95 Å². The van der Waals surface area contributed by atoms with E-state index >= 15 is 0 Å². The highest BCUT2D eigenvalue weighted by atomic mass is 79.9. The normalized spacial score (nSPS) is 16.9. The van der Waals surface area contributed by atoms with Gasteiger partial charge in [0.15, 0.2) is 0 Å². The van der Waals surface area contributed by atoms with Gasteiger partial charge in [-0.2, -0.15) is 39.5 Å². The number of anilines is 2. The van der Waals surface area contributed by atoms with E-state index in [4.69, 9.17) is 9.47 Å². The fourth-order valence-electron chi connectivity index (χ4n) is 5.38. The molecule has 3 aromatic rings. The van der Waals surface area contributed by atoms with Crippen molar-refractivity contribution in [2.75, 3.05) is 23.9 Å². The van der Waals surface area contributed by atoms with Crippen molar-refractivity contribution in [3.63, 3.8) is 0 Å². The van der Waals surface area contributed by atoms with E-state index in [2.05, 4.69) is 31.2 Å². The molecule has 0 radical (unpaired) electrons. The van der Waals surface area contributed by atoms with Gasteiger partial charge in [0.1, 0.15) is 6.61 Å². The molecule has 4 rings (SSSR count). The van der Waals surface area contributed by atoms with Crippen molar-refractivity contribution in [3.05, 3.63) is 80.6 Å². The maximum Gasteiger partial charge on any atom is 0.416 e. The highest BCUT2D eigenvalue weighted by Crippen LogP contribution is 2.43. The van der Waals surface area contributed by atoms with E-state index in [0.717, 1.165) is 18.2 Å². The van der Waals surface area contributed by atoms with Crippen LogP contribution in [0.3, 0.4) is 0 Å². The second kappa shape index (κ2) is 14.3. The van der Waals surface area contributed by atoms with E-state index in [0.29, 0.717) is 18.6 Å². The first kappa shape index (κ1) is 38.7. The van der Waals surface area contributed by atoms with Crippen molar-refractivity contribution >= 4 is 39.6 Å². The van der Waals surface area contributed by atoms with Crippen molar-refractivity contribution in [1.82, 2.24) is 9.97 Å². The number of halogens is 10. The van der Waals surface area contributed by atoms with Crippen LogP contribution in [0.1, 0.15) is 73.2 Å². The van der Waals surface area contributed by atoms with Gasteiger partial charge in [0.25, 0.3) is 0 Å². The van der Waals surface area contributed by atoms with Crippen LogP contribution in [-0.2, 0) is 39.2 Å². The smallest absolute Gasteiger partial charge is 0.416 e. The number of ether oxygens (including phenoxy) is 2. The summed E-state index contributed by atoms with van der Waals surface area (Å²) >= 11 is 3.16. The van der Waals surface area contributed by atoms with Gasteiger partial charge in [-0.25, -0.2) is 14.8 Å². The van der Waals surface area contributed by atoms with Gasteiger partial charge in [-0.3, -0.25) is 9.69 Å². The highest BCUT2D eigenvalue weighted by Gasteiger charge is 2.41. The van der Waals surface area contributed by atoms with E-state index in [1.54, 1.807) is 6.92 Å². The fourth-order valence-corrected chi connectivity index (χ4v) is 5.71. The molecule has 0 saturated heterocycles. The lowest BCUT2D eigenvalue weighted by molar-refractivity contribution is -0.153. The topological polar surface area (TPSA) is 93.7 Å². The van der Waals surface area contributed by atoms with Crippen LogP contribution in [0.2, 0.25) is 0 Å². The van der Waals surface area contributed by atoms with Gasteiger partial charge in [0, 0.05) is 18.7 Å². The Morgan fingerprint density at radius 3 is 2.08 bits per heavy atom. The lowest BCUT2D eigenvalue weighted by atomic mass is 9.89. The molecule has 0 spiro atoms. The molecule has 1 amide bonds. The van der Waals surface area contributed by atoms with E-state index < -0.39 is 77.8 Å². The van der Waals surface area contributed by atoms with Crippen molar-refractivity contribution in [2.45, 2.75) is 70.6 Å². The maximum atomic E-state index is 13.8. The summed E-state index contributed by atoms with van der Waals surface area (Å²) in [7, 11) is 1.17. The first-order valence-electron chi connectivity index (χ1n) is 14.9. The number of alkyl halides is 9. The van der Waals surface area contributed by atoms with E-state index in [1.807, 2.05) is 0 Å². The zero-order chi connectivity index (χ0) is 37.4. The van der Waals surface area contributed by atoms with Crippen LogP contribution in [0, 0.1) is 5.41 Å². The largest absolute Gasteiger partial charge is 0.469 e. The minimum Gasteiger partial charge on any atom is -0.469 e. The zero-order valence-electron chi connectivity index (χ0n) is 26.8. The number of hydrogen-bond donors (Lipinski definition) is 1. The van der Waals surface area contributed by atoms with Gasteiger partial charge >= 0.3 is 30.6 Å². The summed E-state index contributed by atoms with van der Waals surface area (Å²) in [5.74, 6) is -0.844. The summed E-state index contributed by atoms with van der Waals surface area (Å²) in [6, 6.07) is 2.30. The number of hydrogen-bond acceptors (Lipinski definition) is 7. The summed E-state index contributed by atoms with van der Waals surface area (Å²) in [6.07, 6.45) is -14.8. The molecule has 1 N–H and O–H groups in total. The van der Waals surface area contributed by atoms with Gasteiger partial charge in [-0.15, -0.1) is 0 Å². The summed E-state index contributed by atoms with van der Waals surface area (Å²) in [6.45, 7) is 4.30. The maximum absolute atomic E-state index is 13.8. The molecule has 2 heterocycles. The summed E-state index contributed by atoms with van der Waals surface area (Å²) in [5, 5.41) is 2.93. The second-order valence-corrected chi connectivity index (χ2v) is 13.0. The Kier molecular flexibility index (Phi) is 11.0. The molecule has 1 aliphatic rings. The fraction of sp³-hybridized carbons (Fsp3) is 0.438. The number of nitrogens with zero attached hydrogens (tertiary/aromatic N) is 3. The molecule has 0 fully saturated rings. The zero-order valence-corrected chi connectivity index (χ0v) is 28.4. The molecular formula is C32H30BrF9N4O4. The average molecular weight is 786 g/mol. The van der Waals surface area contributed by atoms with Crippen LogP contribution in [0.15, 0.2) is 47.1 Å². The Morgan fingerprint density at radius 2 is 1.54 bits per heavy atom. The van der Waals surface area contributed by atoms with Crippen LogP contribution in [-0.4, -0.2) is 41.8 Å². The first-order chi connectivity index (χ1) is 23.0. The minimum absolute atomic E-state index is 0.00443. The summed E-state index contributed by atoms with van der Waals surface area (Å²) in [5.41, 5.74) is -5.56. The Labute approximate surface area is 288 Å². The lowest BCUT2D eigenvalue weighted by Gasteiger charge is -2.40. The molecular weight excluding hydrogens is 755 g/mol. The van der Waals surface area contributed by atoms with Crippen LogP contribution in [0.4, 0.5) is 55.9 Å². The predicted molar refractivity (Wildman–Crippen MR) is 165 cm³/mol. The van der Waals surface area contributed by atoms with Crippen LogP contribution in [0.5, 0.6) is 0 Å². The molecule has 0 unspecified atom stereocenters. The third-order valence-corrected chi connectivity index (χ3v) is 8.63. The molecule has 18 heteroatoms. The van der Waals surface area contributed by atoms with Gasteiger partial charge in [-0.1, -0.05) is 6.92 Å². The molecule has 0 saturated carbocycles. The molecule has 0 bridgehead atoms. The molecule has 1 aliphatic heterocycles. The lowest BCUT2D eigenvalue weighted by Crippen LogP contribution is -2.47. The predicted octanol–water partition coefficient (Wildman–Crippen LogP) is 9.36. The Balaban J connectivity index is 1.71. The van der Waals surface area contributed by atoms with Crippen molar-refractivity contribution < 1.29 is 58.6 Å². The highest BCUT2D eigenvalue weighted by molar-refractivity contribution is 9.10. The first-order valence-corrected chi connectivity index (χ1v) is 15.7. The Hall–Kier alpha value is -4.09. The van der Waals surface area contributed by atoms with Crippen LogP contribution in [0.25, 0.3) is 0 Å². The second-order valence-electron chi connectivity index (χ2n) is 12.1. The van der Waals surface area contributed by atoms with Crippen molar-refractivity contribution in [1.29, 1.82) is 0 Å². The van der Waals surface area contributed by atoms with E-state index in [-0.39, 0.29) is 45.4 Å².